The van der Waals surface area contributed by atoms with Gasteiger partial charge in [0.05, 0.1) is 83.4 Å². The van der Waals surface area contributed by atoms with Crippen LogP contribution in [0.4, 0.5) is 0 Å². The minimum atomic E-state index is -1.41. The van der Waals surface area contributed by atoms with Crippen LogP contribution >= 0.6 is 0 Å². The molecule has 0 bridgehead atoms. The Morgan fingerprint density at radius 3 is 1.35 bits per heavy atom. The average molecular weight is 1250 g/mol. The topological polar surface area (TPSA) is 188 Å². The first-order chi connectivity index (χ1) is 44.2. The van der Waals surface area contributed by atoms with Gasteiger partial charge in [-0.15, -0.1) is 0 Å². The third kappa shape index (κ3) is 17.5. The summed E-state index contributed by atoms with van der Waals surface area (Å²) in [4.78, 5) is 13.4. The lowest BCUT2D eigenvalue weighted by Crippen LogP contribution is -2.71. The molecule has 0 saturated carbocycles. The van der Waals surface area contributed by atoms with E-state index in [-0.39, 0.29) is 52.2 Å². The highest BCUT2D eigenvalue weighted by Crippen LogP contribution is 2.41. The van der Waals surface area contributed by atoms with E-state index in [4.69, 9.17) is 71.1 Å². The Bertz CT molecular complexity index is 3100. The molecule has 6 aromatic rings. The van der Waals surface area contributed by atoms with Crippen molar-refractivity contribution in [2.45, 2.75) is 210 Å². The van der Waals surface area contributed by atoms with E-state index >= 15 is 0 Å². The average Bonchev–Trinajstić information content (AvgIpc) is 0.799. The highest BCUT2D eigenvalue weighted by atomic mass is 16.8. The van der Waals surface area contributed by atoms with Crippen molar-refractivity contribution < 1.29 is 81.0 Å². The summed E-state index contributed by atoms with van der Waals surface area (Å²) in [6, 6.07) is 58.4. The maximum atomic E-state index is 13.4. The second-order valence-corrected chi connectivity index (χ2v) is 24.8. The molecule has 488 valence electrons. The summed E-state index contributed by atoms with van der Waals surface area (Å²) in [7, 11) is 0. The monoisotopic (exact) mass is 1250 g/mol. The summed E-state index contributed by atoms with van der Waals surface area (Å²) in [5, 5.41) is 15.4. The maximum Gasteiger partial charge on any atom is 0.217 e. The van der Waals surface area contributed by atoms with Crippen LogP contribution in [-0.2, 0) is 115 Å². The van der Waals surface area contributed by atoms with E-state index in [1.54, 1.807) is 13.8 Å². The van der Waals surface area contributed by atoms with Gasteiger partial charge in [-0.1, -0.05) is 189 Å². The number of aliphatic hydroxyl groups excluding tert-OH is 1. The summed E-state index contributed by atoms with van der Waals surface area (Å²) in [5.74, 6) is -1.83. The number of amides is 1. The highest BCUT2D eigenvalue weighted by Gasteiger charge is 2.58. The van der Waals surface area contributed by atoms with Crippen LogP contribution in [0.25, 0.3) is 0 Å². The second kappa shape index (κ2) is 31.9. The van der Waals surface area contributed by atoms with Crippen LogP contribution in [0, 0.1) is 5.92 Å². The van der Waals surface area contributed by atoms with Crippen LogP contribution in [0.2, 0.25) is 0 Å². The van der Waals surface area contributed by atoms with Gasteiger partial charge >= 0.3 is 0 Å². The zero-order valence-electron chi connectivity index (χ0n) is 53.0. The molecule has 18 heteroatoms. The lowest BCUT2D eigenvalue weighted by atomic mass is 9.90. The van der Waals surface area contributed by atoms with Crippen molar-refractivity contribution in [3.05, 3.63) is 215 Å². The second-order valence-electron chi connectivity index (χ2n) is 24.8. The summed E-state index contributed by atoms with van der Waals surface area (Å²) in [5.41, 5.74) is 5.70. The number of carbonyl (C=O) groups is 1. The molecule has 5 aliphatic rings. The van der Waals surface area contributed by atoms with Crippen molar-refractivity contribution in [3.63, 3.8) is 0 Å². The lowest BCUT2D eigenvalue weighted by Gasteiger charge is -2.53. The molecule has 0 radical (unpaired) electrons. The summed E-state index contributed by atoms with van der Waals surface area (Å²) >= 11 is 0. The zero-order chi connectivity index (χ0) is 63.3. The van der Waals surface area contributed by atoms with Crippen molar-refractivity contribution in [2.75, 3.05) is 13.2 Å². The number of benzene rings is 6. The number of nitrogens with one attached hydrogen (secondary N) is 1. The van der Waals surface area contributed by atoms with Crippen LogP contribution in [0.15, 0.2) is 182 Å². The molecule has 5 saturated heterocycles. The molecule has 8 unspecified atom stereocenters. The third-order valence-electron chi connectivity index (χ3n) is 17.5. The molecule has 5 fully saturated rings. The zero-order valence-corrected chi connectivity index (χ0v) is 53.0. The predicted molar refractivity (Wildman–Crippen MR) is 335 cm³/mol. The van der Waals surface area contributed by atoms with Crippen molar-refractivity contribution in [3.8, 4) is 0 Å². The largest absolute Gasteiger partial charge is 0.388 e. The van der Waals surface area contributed by atoms with Gasteiger partial charge in [0, 0.05) is 12.8 Å². The molecule has 18 nitrogen and oxygen atoms in total. The van der Waals surface area contributed by atoms with Gasteiger partial charge in [0.2, 0.25) is 5.91 Å². The van der Waals surface area contributed by atoms with Crippen LogP contribution in [0.1, 0.15) is 81.8 Å². The molecule has 2 N–H and O–H groups in total. The highest BCUT2D eigenvalue weighted by molar-refractivity contribution is 5.73. The van der Waals surface area contributed by atoms with E-state index in [9.17, 15) is 9.90 Å². The fourth-order valence-electron chi connectivity index (χ4n) is 12.7. The molecule has 91 heavy (non-hydrogen) atoms. The minimum absolute atomic E-state index is 0.0365. The van der Waals surface area contributed by atoms with E-state index in [0.717, 1.165) is 33.4 Å². The number of hydrogen-bond acceptors (Lipinski definition) is 17. The fraction of sp³-hybridized carbons (Fsp3) is 0.493. The Morgan fingerprint density at radius 1 is 0.462 bits per heavy atom. The van der Waals surface area contributed by atoms with E-state index in [2.05, 4.69) is 12.2 Å². The molecule has 11 rings (SSSR count). The molecule has 1 amide bonds. The SMILES string of the molecule is CC(=O)NC1[C@H](OC2[C@H](OC3[C@H](C)OC(C)[C@H](OCc4ccccc4)[C@H]3OCc3ccccc3)OC(C)[C@H](OCc3ccccc3)[C@H]2O[C@H]2O[C@H](COCc3ccccc3)[C@@H](C)C(OCc3ccccc3)C2OCc2ccccc2)OC2COC(C)(C)O[C@@H]2[C@@H]1O. The van der Waals surface area contributed by atoms with Crippen LogP contribution in [0.3, 0.4) is 0 Å². The van der Waals surface area contributed by atoms with Gasteiger partial charge in [0.25, 0.3) is 0 Å². The van der Waals surface area contributed by atoms with Crippen LogP contribution in [0.5, 0.6) is 0 Å². The summed E-state index contributed by atoms with van der Waals surface area (Å²) < 4.78 is 105. The molecule has 6 aromatic carbocycles. The normalized spacial score (nSPS) is 33.1. The van der Waals surface area contributed by atoms with Crippen molar-refractivity contribution >= 4 is 5.91 Å². The Balaban J connectivity index is 1.02. The van der Waals surface area contributed by atoms with Gasteiger partial charge in [0.15, 0.2) is 24.7 Å². The smallest absolute Gasteiger partial charge is 0.217 e. The Hall–Kier alpha value is -5.85. The molecular weight excluding hydrogens is 1160 g/mol. The van der Waals surface area contributed by atoms with E-state index in [0.29, 0.717) is 6.61 Å². The molecular formula is C73H89NO17. The van der Waals surface area contributed by atoms with Gasteiger partial charge in [-0.2, -0.15) is 0 Å². The van der Waals surface area contributed by atoms with Crippen molar-refractivity contribution in [1.82, 2.24) is 5.32 Å². The van der Waals surface area contributed by atoms with Gasteiger partial charge in [-0.05, 0) is 68.0 Å². The van der Waals surface area contributed by atoms with E-state index < -0.39 is 128 Å². The lowest BCUT2D eigenvalue weighted by molar-refractivity contribution is -0.410. The fourth-order valence-corrected chi connectivity index (χ4v) is 12.7. The van der Waals surface area contributed by atoms with Crippen molar-refractivity contribution in [1.29, 1.82) is 0 Å². The molecule has 5 aliphatic heterocycles. The maximum absolute atomic E-state index is 13.4. The van der Waals surface area contributed by atoms with Crippen molar-refractivity contribution in [2.24, 2.45) is 5.92 Å². The number of hydrogen-bond donors (Lipinski definition) is 2. The first kappa shape index (κ1) is 66.6. The Labute approximate surface area is 534 Å². The predicted octanol–water partition coefficient (Wildman–Crippen LogP) is 9.94. The van der Waals surface area contributed by atoms with Crippen LogP contribution < -0.4 is 5.32 Å². The molecule has 0 spiro atoms. The molecule has 20 atom stereocenters. The van der Waals surface area contributed by atoms with E-state index in [1.807, 2.05) is 203 Å². The first-order valence-corrected chi connectivity index (χ1v) is 32.0. The van der Waals surface area contributed by atoms with Gasteiger partial charge in [0.1, 0.15) is 67.1 Å². The third-order valence-corrected chi connectivity index (χ3v) is 17.5. The van der Waals surface area contributed by atoms with Crippen LogP contribution in [-0.4, -0.2) is 146 Å². The molecule has 5 heterocycles. The van der Waals surface area contributed by atoms with Gasteiger partial charge in [-0.3, -0.25) is 4.79 Å². The number of aliphatic hydroxyl groups is 1. The van der Waals surface area contributed by atoms with Gasteiger partial charge < -0.3 is 81.5 Å². The Morgan fingerprint density at radius 2 is 0.857 bits per heavy atom. The summed E-state index contributed by atoms with van der Waals surface area (Å²) in [6.07, 6.45) is -16.9. The number of carbonyl (C=O) groups excluding carboxylic acids is 1. The first-order valence-electron chi connectivity index (χ1n) is 32.0. The number of fused-ring (bicyclic) bond motifs is 1. The quantitative estimate of drug-likeness (QED) is 0.0522. The molecule has 0 aromatic heterocycles. The molecule has 0 aliphatic carbocycles. The number of rotatable bonds is 26. The summed E-state index contributed by atoms with van der Waals surface area (Å²) in [6.45, 7) is 14.4. The Kier molecular flexibility index (Phi) is 23.3. The van der Waals surface area contributed by atoms with E-state index in [1.165, 1.54) is 6.92 Å². The minimum Gasteiger partial charge on any atom is -0.388 e. The standard InChI is InChI=1S/C73H89NO17/c1-46-57(44-77-38-51-26-14-8-15-27-51)86-71(68(82-43-56-36-24-13-25-37-56)61(46)78-39-52-28-16-9-17-29-52)89-67-63(80-41-54-32-20-11-21-33-54)48(3)85-72(69(67)90-70-59(74-50(5)75)60(76)65-58(87-70)45-83-73(6,7)91-65)88-64-49(4)84-47(2)62(79-40-53-30-18-10-19-31-53)66(64)81-42-55-34-22-12-23-35-55/h8-37,46-49,57-72,76H,38-45H2,1-7H3,(H,74,75)/t46-,47?,48?,49+,57-,58?,59?,60-,61?,62+,63+,64?,65+,66-,67-,68?,69?,70+,71-,72+/m1/s1. The van der Waals surface area contributed by atoms with Gasteiger partial charge in [-0.25, -0.2) is 0 Å². The number of ether oxygens (including phenoxy) is 15.